The van der Waals surface area contributed by atoms with Gasteiger partial charge in [0, 0.05) is 5.41 Å². The van der Waals surface area contributed by atoms with Crippen LogP contribution in [-0.2, 0) is 0 Å². The van der Waals surface area contributed by atoms with Crippen LogP contribution in [0.2, 0.25) is 0 Å². The average molecular weight is 338 g/mol. The highest BCUT2D eigenvalue weighted by atomic mass is 16.3. The van der Waals surface area contributed by atoms with Gasteiger partial charge in [0.15, 0.2) is 0 Å². The molecule has 0 spiro atoms. The van der Waals surface area contributed by atoms with Crippen LogP contribution in [0.15, 0.2) is 11.6 Å². The highest BCUT2D eigenvalue weighted by Gasteiger charge is 2.63. The van der Waals surface area contributed by atoms with Gasteiger partial charge >= 0.3 is 0 Å². The van der Waals surface area contributed by atoms with Gasteiger partial charge < -0.3 is 10.2 Å². The molecule has 0 radical (unpaired) electrons. The largest absolute Gasteiger partial charge is 0.393 e. The van der Waals surface area contributed by atoms with Crippen molar-refractivity contribution in [2.24, 2.45) is 28.6 Å². The fourth-order valence-corrected chi connectivity index (χ4v) is 7.00. The first-order valence-electron chi connectivity index (χ1n) is 9.92. The maximum absolute atomic E-state index is 11.3. The Bertz CT molecular complexity index is 704. The van der Waals surface area contributed by atoms with Crippen molar-refractivity contribution in [3.63, 3.8) is 0 Å². The number of aliphatic hydroxyl groups excluding tert-OH is 1. The standard InChI is InChI=1S/C23H30O2/c1-4-5-11-23(25)14-10-20-18-7-6-16-15-17(24)8-12-21(16,2)19(18)9-13-22(20,23)3/h1,6,17-20,24-25H,7-10,12-15H2,2-3H3. The number of rotatable bonds is 0. The van der Waals surface area contributed by atoms with Crippen molar-refractivity contribution in [1.29, 1.82) is 0 Å². The van der Waals surface area contributed by atoms with E-state index in [1.807, 2.05) is 0 Å². The summed E-state index contributed by atoms with van der Waals surface area (Å²) < 4.78 is 0. The normalized spacial score (nSPS) is 51.1. The molecule has 0 bridgehead atoms. The van der Waals surface area contributed by atoms with Crippen molar-refractivity contribution in [2.45, 2.75) is 76.9 Å². The third-order valence-electron chi connectivity index (χ3n) is 8.57. The van der Waals surface area contributed by atoms with Crippen molar-refractivity contribution in [3.8, 4) is 24.2 Å². The molecular weight excluding hydrogens is 308 g/mol. The monoisotopic (exact) mass is 338 g/mol. The predicted octanol–water partition coefficient (Wildman–Crippen LogP) is 3.68. The predicted molar refractivity (Wildman–Crippen MR) is 99.3 cm³/mol. The Morgan fingerprint density at radius 3 is 2.64 bits per heavy atom. The van der Waals surface area contributed by atoms with Crippen molar-refractivity contribution in [2.75, 3.05) is 0 Å². The zero-order valence-corrected chi connectivity index (χ0v) is 15.5. The van der Waals surface area contributed by atoms with Crippen LogP contribution in [0, 0.1) is 52.8 Å². The molecule has 0 heterocycles. The van der Waals surface area contributed by atoms with Crippen molar-refractivity contribution < 1.29 is 10.2 Å². The Kier molecular flexibility index (Phi) is 3.88. The molecule has 25 heavy (non-hydrogen) atoms. The second-order valence-electron chi connectivity index (χ2n) is 9.41. The van der Waals surface area contributed by atoms with E-state index in [-0.39, 0.29) is 16.9 Å². The van der Waals surface area contributed by atoms with Gasteiger partial charge in [-0.05, 0) is 86.4 Å². The van der Waals surface area contributed by atoms with Crippen molar-refractivity contribution in [1.82, 2.24) is 0 Å². The van der Waals surface area contributed by atoms with E-state index >= 15 is 0 Å². The van der Waals surface area contributed by atoms with Gasteiger partial charge in [-0.3, -0.25) is 0 Å². The van der Waals surface area contributed by atoms with Gasteiger partial charge in [-0.15, -0.1) is 6.42 Å². The molecule has 7 unspecified atom stereocenters. The van der Waals surface area contributed by atoms with Gasteiger partial charge in [0.25, 0.3) is 0 Å². The van der Waals surface area contributed by atoms with E-state index in [4.69, 9.17) is 6.42 Å². The highest BCUT2D eigenvalue weighted by molar-refractivity contribution is 5.33. The van der Waals surface area contributed by atoms with Gasteiger partial charge in [0.2, 0.25) is 0 Å². The van der Waals surface area contributed by atoms with E-state index < -0.39 is 5.60 Å². The van der Waals surface area contributed by atoms with Crippen LogP contribution >= 0.6 is 0 Å². The smallest absolute Gasteiger partial charge is 0.132 e. The lowest BCUT2D eigenvalue weighted by molar-refractivity contribution is -0.0970. The lowest BCUT2D eigenvalue weighted by Gasteiger charge is -2.58. The van der Waals surface area contributed by atoms with Crippen LogP contribution in [0.4, 0.5) is 0 Å². The fourth-order valence-electron chi connectivity index (χ4n) is 7.00. The van der Waals surface area contributed by atoms with Gasteiger partial charge in [-0.25, -0.2) is 0 Å². The molecule has 0 amide bonds. The molecule has 0 aliphatic heterocycles. The third kappa shape index (κ3) is 2.27. The molecule has 134 valence electrons. The molecule has 7 atom stereocenters. The van der Waals surface area contributed by atoms with Crippen LogP contribution in [0.25, 0.3) is 0 Å². The number of allylic oxidation sites excluding steroid dienone is 1. The molecule has 4 aliphatic carbocycles. The summed E-state index contributed by atoms with van der Waals surface area (Å²) in [7, 11) is 0. The van der Waals surface area contributed by atoms with Crippen LogP contribution in [0.5, 0.6) is 0 Å². The van der Waals surface area contributed by atoms with Crippen LogP contribution in [-0.4, -0.2) is 21.9 Å². The molecular formula is C23H30O2. The Balaban J connectivity index is 1.68. The molecule has 3 saturated carbocycles. The Hall–Kier alpha value is -1.22. The summed E-state index contributed by atoms with van der Waals surface area (Å²) in [6.07, 6.45) is 15.6. The van der Waals surface area contributed by atoms with Crippen LogP contribution in [0.1, 0.15) is 65.2 Å². The fraction of sp³-hybridized carbons (Fsp3) is 0.739. The third-order valence-corrected chi connectivity index (χ3v) is 8.57. The first kappa shape index (κ1) is 17.2. The number of terminal acetylenes is 1. The molecule has 3 fully saturated rings. The second-order valence-corrected chi connectivity index (χ2v) is 9.41. The SMILES string of the molecule is C#CC#CC1(O)CCC2C3CC=C4CC(O)CCC4(C)C3CCC21C. The Morgan fingerprint density at radius 2 is 1.88 bits per heavy atom. The van der Waals surface area contributed by atoms with E-state index in [0.29, 0.717) is 17.8 Å². The minimum atomic E-state index is -0.928. The molecule has 0 saturated heterocycles. The quantitative estimate of drug-likeness (QED) is 0.522. The van der Waals surface area contributed by atoms with Gasteiger partial charge in [0.1, 0.15) is 5.60 Å². The summed E-state index contributed by atoms with van der Waals surface area (Å²) in [5, 5.41) is 21.4. The zero-order valence-electron chi connectivity index (χ0n) is 15.5. The van der Waals surface area contributed by atoms with Gasteiger partial charge in [0.05, 0.1) is 6.10 Å². The molecule has 4 rings (SSSR count). The van der Waals surface area contributed by atoms with E-state index in [0.717, 1.165) is 51.4 Å². The minimum Gasteiger partial charge on any atom is -0.393 e. The average Bonchev–Trinajstić information content (AvgIpc) is 2.85. The van der Waals surface area contributed by atoms with Crippen LogP contribution < -0.4 is 0 Å². The van der Waals surface area contributed by atoms with Crippen molar-refractivity contribution in [3.05, 3.63) is 11.6 Å². The number of hydrogen-bond acceptors (Lipinski definition) is 2. The molecule has 0 aromatic rings. The molecule has 0 aromatic carbocycles. The minimum absolute atomic E-state index is 0.145. The lowest BCUT2D eigenvalue weighted by atomic mass is 9.47. The summed E-state index contributed by atoms with van der Waals surface area (Å²) in [6, 6.07) is 0. The van der Waals surface area contributed by atoms with E-state index in [1.54, 1.807) is 0 Å². The first-order chi connectivity index (χ1) is 11.8. The van der Waals surface area contributed by atoms with E-state index in [2.05, 4.69) is 37.7 Å². The second kappa shape index (κ2) is 5.64. The molecule has 2 N–H and O–H groups in total. The van der Waals surface area contributed by atoms with E-state index in [1.165, 1.54) is 5.57 Å². The maximum atomic E-state index is 11.3. The van der Waals surface area contributed by atoms with Crippen LogP contribution in [0.3, 0.4) is 0 Å². The number of aliphatic hydroxyl groups is 2. The topological polar surface area (TPSA) is 40.5 Å². The summed E-state index contributed by atoms with van der Waals surface area (Å²) in [5.74, 6) is 9.95. The Morgan fingerprint density at radius 1 is 1.12 bits per heavy atom. The molecule has 2 nitrogen and oxygen atoms in total. The first-order valence-corrected chi connectivity index (χ1v) is 9.92. The summed E-state index contributed by atoms with van der Waals surface area (Å²) in [4.78, 5) is 0. The van der Waals surface area contributed by atoms with Crippen molar-refractivity contribution >= 4 is 0 Å². The zero-order chi connectivity index (χ0) is 17.9. The lowest BCUT2D eigenvalue weighted by Crippen LogP contribution is -2.54. The summed E-state index contributed by atoms with van der Waals surface area (Å²) in [6.45, 7) is 4.68. The maximum Gasteiger partial charge on any atom is 0.132 e. The molecule has 2 heteroatoms. The van der Waals surface area contributed by atoms with Gasteiger partial charge in [-0.1, -0.05) is 31.4 Å². The number of hydrogen-bond donors (Lipinski definition) is 2. The number of fused-ring (bicyclic) bond motifs is 5. The Labute approximate surface area is 152 Å². The molecule has 4 aliphatic rings. The summed E-state index contributed by atoms with van der Waals surface area (Å²) in [5.41, 5.74) is 0.669. The summed E-state index contributed by atoms with van der Waals surface area (Å²) >= 11 is 0. The molecule has 0 aromatic heterocycles. The van der Waals surface area contributed by atoms with E-state index in [9.17, 15) is 10.2 Å². The highest BCUT2D eigenvalue weighted by Crippen LogP contribution is 2.67. The van der Waals surface area contributed by atoms with Gasteiger partial charge in [-0.2, -0.15) is 0 Å².